The first-order chi connectivity index (χ1) is 21.5. The summed E-state index contributed by atoms with van der Waals surface area (Å²) in [5, 5.41) is 2.34. The molecule has 3 aromatic rings. The highest BCUT2D eigenvalue weighted by Gasteiger charge is 2.40. The number of aromatic nitrogens is 1. The van der Waals surface area contributed by atoms with Crippen molar-refractivity contribution in [2.45, 2.75) is 45.8 Å². The molecule has 0 bridgehead atoms. The number of aryl methyl sites for hydroxylation is 2. The molecule has 0 spiro atoms. The summed E-state index contributed by atoms with van der Waals surface area (Å²) in [6, 6.07) is 10.8. The maximum atomic E-state index is 13.2. The zero-order chi connectivity index (χ0) is 32.0. The minimum absolute atomic E-state index is 0.0284. The molecule has 10 heteroatoms. The van der Waals surface area contributed by atoms with E-state index in [1.54, 1.807) is 43.7 Å². The van der Waals surface area contributed by atoms with Crippen LogP contribution < -0.4 is 20.3 Å². The minimum atomic E-state index is -0.636. The van der Waals surface area contributed by atoms with Crippen molar-refractivity contribution in [2.24, 2.45) is 12.5 Å². The second kappa shape index (κ2) is 11.6. The summed E-state index contributed by atoms with van der Waals surface area (Å²) in [4.78, 5) is 53.1. The molecule has 2 aromatic carbocycles. The SMILES string of the molecule is COc1cc(-c2cc(C)c(=O)n(C)c2)cc(OC)c1CN1CC(C)(C#Cc2ccc3c(c2)C(=O)N(C2CCC(=O)NC2=O)C3)C1. The Morgan fingerprint density at radius 2 is 1.71 bits per heavy atom. The third kappa shape index (κ3) is 5.71. The van der Waals surface area contributed by atoms with Crippen molar-refractivity contribution < 1.29 is 23.9 Å². The van der Waals surface area contributed by atoms with Gasteiger partial charge in [0.2, 0.25) is 11.8 Å². The molecule has 45 heavy (non-hydrogen) atoms. The number of likely N-dealkylation sites (tertiary alicyclic amines) is 1. The van der Waals surface area contributed by atoms with Gasteiger partial charge in [-0.1, -0.05) is 17.9 Å². The average Bonchev–Trinajstić information content (AvgIpc) is 3.32. The number of ether oxygens (including phenoxy) is 2. The van der Waals surface area contributed by atoms with E-state index in [4.69, 9.17) is 9.47 Å². The van der Waals surface area contributed by atoms with Crippen molar-refractivity contribution in [3.8, 4) is 34.5 Å². The van der Waals surface area contributed by atoms with E-state index in [1.807, 2.05) is 36.5 Å². The second-order valence-corrected chi connectivity index (χ2v) is 12.4. The van der Waals surface area contributed by atoms with Gasteiger partial charge in [-0.05, 0) is 67.3 Å². The van der Waals surface area contributed by atoms with E-state index >= 15 is 0 Å². The number of nitrogens with zero attached hydrogens (tertiary/aromatic N) is 3. The zero-order valence-corrected chi connectivity index (χ0v) is 26.2. The van der Waals surface area contributed by atoms with Crippen LogP contribution in [0.4, 0.5) is 0 Å². The van der Waals surface area contributed by atoms with Gasteiger partial charge in [-0.2, -0.15) is 0 Å². The number of carbonyl (C=O) groups is 3. The van der Waals surface area contributed by atoms with Gasteiger partial charge in [-0.25, -0.2) is 0 Å². The molecule has 0 aliphatic carbocycles. The Labute approximate surface area is 261 Å². The predicted octanol–water partition coefficient (Wildman–Crippen LogP) is 3.01. The monoisotopic (exact) mass is 608 g/mol. The number of pyridine rings is 1. The van der Waals surface area contributed by atoms with Crippen LogP contribution in [-0.4, -0.2) is 65.4 Å². The van der Waals surface area contributed by atoms with E-state index < -0.39 is 11.9 Å². The van der Waals surface area contributed by atoms with E-state index in [0.29, 0.717) is 42.1 Å². The molecule has 2 fully saturated rings. The summed E-state index contributed by atoms with van der Waals surface area (Å²) >= 11 is 0. The molecule has 1 N–H and O–H groups in total. The molecule has 1 aromatic heterocycles. The van der Waals surface area contributed by atoms with Gasteiger partial charge in [0.05, 0.1) is 25.2 Å². The van der Waals surface area contributed by atoms with Gasteiger partial charge in [0.25, 0.3) is 11.5 Å². The van der Waals surface area contributed by atoms with E-state index in [1.165, 1.54) is 0 Å². The van der Waals surface area contributed by atoms with Crippen LogP contribution in [0.3, 0.4) is 0 Å². The number of rotatable bonds is 6. The minimum Gasteiger partial charge on any atom is -0.496 e. The lowest BCUT2D eigenvalue weighted by Crippen LogP contribution is -2.53. The maximum Gasteiger partial charge on any atom is 0.255 e. The summed E-state index contributed by atoms with van der Waals surface area (Å²) in [5.41, 5.74) is 5.32. The van der Waals surface area contributed by atoms with E-state index in [0.717, 1.165) is 40.9 Å². The fraction of sp³-hybridized carbons (Fsp3) is 0.371. The van der Waals surface area contributed by atoms with Gasteiger partial charge >= 0.3 is 0 Å². The molecule has 1 unspecified atom stereocenters. The molecular weight excluding hydrogens is 572 g/mol. The highest BCUT2D eigenvalue weighted by molar-refractivity contribution is 6.05. The molecule has 0 saturated carbocycles. The average molecular weight is 609 g/mol. The summed E-state index contributed by atoms with van der Waals surface area (Å²) in [7, 11) is 5.03. The van der Waals surface area contributed by atoms with Crippen molar-refractivity contribution in [1.29, 1.82) is 0 Å². The molecule has 10 nitrogen and oxygen atoms in total. The summed E-state index contributed by atoms with van der Waals surface area (Å²) < 4.78 is 13.2. The van der Waals surface area contributed by atoms with Gasteiger partial charge in [0.15, 0.2) is 0 Å². The topological polar surface area (TPSA) is 110 Å². The highest BCUT2D eigenvalue weighted by Crippen LogP contribution is 2.39. The van der Waals surface area contributed by atoms with Crippen molar-refractivity contribution >= 4 is 17.7 Å². The van der Waals surface area contributed by atoms with Crippen LogP contribution in [0.2, 0.25) is 0 Å². The van der Waals surface area contributed by atoms with Crippen molar-refractivity contribution in [2.75, 3.05) is 27.3 Å². The number of carbonyl (C=O) groups excluding carboxylic acids is 3. The number of fused-ring (bicyclic) bond motifs is 1. The number of nitrogens with one attached hydrogen (secondary N) is 1. The fourth-order valence-electron chi connectivity index (χ4n) is 6.55. The Kier molecular flexibility index (Phi) is 7.75. The van der Waals surface area contributed by atoms with Gasteiger partial charge in [-0.3, -0.25) is 29.4 Å². The predicted molar refractivity (Wildman–Crippen MR) is 168 cm³/mol. The van der Waals surface area contributed by atoms with Gasteiger partial charge in [0, 0.05) is 62.5 Å². The molecule has 4 heterocycles. The first-order valence-electron chi connectivity index (χ1n) is 14.9. The Bertz CT molecular complexity index is 1810. The van der Waals surface area contributed by atoms with Crippen molar-refractivity contribution in [3.63, 3.8) is 0 Å². The molecule has 3 aliphatic heterocycles. The van der Waals surface area contributed by atoms with E-state index in [2.05, 4.69) is 29.0 Å². The molecule has 3 amide bonds. The maximum absolute atomic E-state index is 13.2. The molecule has 2 saturated heterocycles. The van der Waals surface area contributed by atoms with Crippen LogP contribution in [0.1, 0.15) is 52.4 Å². The lowest BCUT2D eigenvalue weighted by molar-refractivity contribution is -0.136. The van der Waals surface area contributed by atoms with Gasteiger partial charge in [0.1, 0.15) is 17.5 Å². The molecule has 6 rings (SSSR count). The third-order valence-electron chi connectivity index (χ3n) is 8.87. The lowest BCUT2D eigenvalue weighted by atomic mass is 9.82. The molecule has 1 atom stereocenters. The van der Waals surface area contributed by atoms with E-state index in [9.17, 15) is 19.2 Å². The normalized spacial score (nSPS) is 18.9. The van der Waals surface area contributed by atoms with Crippen LogP contribution in [0.5, 0.6) is 11.5 Å². The zero-order valence-electron chi connectivity index (χ0n) is 26.2. The molecule has 232 valence electrons. The second-order valence-electron chi connectivity index (χ2n) is 12.4. The van der Waals surface area contributed by atoms with E-state index in [-0.39, 0.29) is 29.2 Å². The number of imide groups is 1. The Balaban J connectivity index is 1.14. The first kappa shape index (κ1) is 30.2. The largest absolute Gasteiger partial charge is 0.496 e. The molecule has 3 aliphatic rings. The Morgan fingerprint density at radius 1 is 1.00 bits per heavy atom. The van der Waals surface area contributed by atoms with Crippen LogP contribution >= 0.6 is 0 Å². The first-order valence-corrected chi connectivity index (χ1v) is 14.9. The fourth-order valence-corrected chi connectivity index (χ4v) is 6.55. The molecule has 0 radical (unpaired) electrons. The smallest absolute Gasteiger partial charge is 0.255 e. The highest BCUT2D eigenvalue weighted by atomic mass is 16.5. The van der Waals surface area contributed by atoms with Crippen LogP contribution in [0.15, 0.2) is 47.4 Å². The van der Waals surface area contributed by atoms with Crippen molar-refractivity contribution in [3.05, 3.63) is 80.8 Å². The van der Waals surface area contributed by atoms with Crippen molar-refractivity contribution in [1.82, 2.24) is 19.7 Å². The Hall–Kier alpha value is -4.88. The molecular formula is C35H36N4O6. The number of methoxy groups -OCH3 is 2. The number of hydrogen-bond donors (Lipinski definition) is 1. The number of benzene rings is 2. The summed E-state index contributed by atoms with van der Waals surface area (Å²) in [5.74, 6) is 7.19. The lowest BCUT2D eigenvalue weighted by Gasteiger charge is -2.45. The number of hydrogen-bond acceptors (Lipinski definition) is 7. The van der Waals surface area contributed by atoms with Gasteiger partial charge < -0.3 is 18.9 Å². The quantitative estimate of drug-likeness (QED) is 0.339. The third-order valence-corrected chi connectivity index (χ3v) is 8.87. The van der Waals surface area contributed by atoms with Crippen LogP contribution in [0, 0.1) is 24.2 Å². The standard InChI is InChI=1S/C35H36N4O6/c1-21-12-25(16-37(3)33(21)42)24-14-29(44-4)27(30(15-24)45-5)18-38-19-35(2,20-38)11-10-22-6-7-23-17-39(34(43)26(23)13-22)28-8-9-31(40)36-32(28)41/h6-7,12-16,28H,8-9,17-20H2,1-5H3,(H,36,40,41). The number of amides is 3. The van der Waals surface area contributed by atoms with Crippen LogP contribution in [-0.2, 0) is 29.7 Å². The summed E-state index contributed by atoms with van der Waals surface area (Å²) in [6.07, 6.45) is 2.38. The Morgan fingerprint density at radius 3 is 2.36 bits per heavy atom. The number of piperidine rings is 1. The summed E-state index contributed by atoms with van der Waals surface area (Å²) in [6.45, 7) is 6.40. The van der Waals surface area contributed by atoms with Crippen LogP contribution in [0.25, 0.3) is 11.1 Å². The van der Waals surface area contributed by atoms with Gasteiger partial charge in [-0.15, -0.1) is 0 Å².